The Kier molecular flexibility index (Phi) is 6.09. The van der Waals surface area contributed by atoms with Gasteiger partial charge in [0.2, 0.25) is 5.91 Å². The molecule has 0 heterocycles. The van der Waals surface area contributed by atoms with Crippen LogP contribution in [0.3, 0.4) is 0 Å². The number of hydrogen-bond acceptors (Lipinski definition) is 3. The predicted octanol–water partition coefficient (Wildman–Crippen LogP) is 1.95. The van der Waals surface area contributed by atoms with Crippen molar-refractivity contribution < 1.29 is 9.53 Å². The number of hydrogen-bond donors (Lipinski definition) is 2. The molecule has 0 aromatic rings. The van der Waals surface area contributed by atoms with E-state index in [9.17, 15) is 4.79 Å². The maximum atomic E-state index is 11.0. The number of amides is 1. The summed E-state index contributed by atoms with van der Waals surface area (Å²) in [4.78, 5) is 11.0. The molecule has 0 saturated heterocycles. The van der Waals surface area contributed by atoms with E-state index in [1.807, 2.05) is 0 Å². The second kappa shape index (κ2) is 7.10. The lowest BCUT2D eigenvalue weighted by Gasteiger charge is -2.29. The predicted molar refractivity (Wildman–Crippen MR) is 73.0 cm³/mol. The minimum atomic E-state index is -0.877. The highest BCUT2D eigenvalue weighted by Crippen LogP contribution is 2.26. The molecule has 3 unspecified atom stereocenters. The van der Waals surface area contributed by atoms with E-state index in [-0.39, 0.29) is 0 Å². The number of nitrogens with two attached hydrogens (primary N) is 2. The lowest BCUT2D eigenvalue weighted by Crippen LogP contribution is -2.49. The molecule has 0 spiro atoms. The van der Waals surface area contributed by atoms with Crippen LogP contribution in [0.25, 0.3) is 0 Å². The minimum Gasteiger partial charge on any atom is -0.378 e. The molecule has 0 aromatic carbocycles. The van der Waals surface area contributed by atoms with Crippen molar-refractivity contribution in [1.82, 2.24) is 0 Å². The van der Waals surface area contributed by atoms with E-state index in [2.05, 4.69) is 6.92 Å². The number of rotatable bonds is 7. The van der Waals surface area contributed by atoms with E-state index in [1.165, 1.54) is 25.7 Å². The Labute approximate surface area is 110 Å². The Morgan fingerprint density at radius 3 is 2.61 bits per heavy atom. The zero-order chi connectivity index (χ0) is 13.6. The van der Waals surface area contributed by atoms with Crippen molar-refractivity contribution in [3.63, 3.8) is 0 Å². The fourth-order valence-corrected chi connectivity index (χ4v) is 2.48. The maximum Gasteiger partial charge on any atom is 0.237 e. The summed E-state index contributed by atoms with van der Waals surface area (Å²) in [7, 11) is 0. The fraction of sp³-hybridized carbons (Fsp3) is 0.929. The van der Waals surface area contributed by atoms with Gasteiger partial charge in [-0.05, 0) is 44.9 Å². The van der Waals surface area contributed by atoms with Crippen molar-refractivity contribution in [1.29, 1.82) is 0 Å². The summed E-state index contributed by atoms with van der Waals surface area (Å²) >= 11 is 0. The van der Waals surface area contributed by atoms with Gasteiger partial charge in [0.15, 0.2) is 0 Å². The van der Waals surface area contributed by atoms with Crippen molar-refractivity contribution in [3.8, 4) is 0 Å². The van der Waals surface area contributed by atoms with Crippen molar-refractivity contribution in [2.75, 3.05) is 6.61 Å². The monoisotopic (exact) mass is 256 g/mol. The molecule has 0 radical (unpaired) electrons. The highest BCUT2D eigenvalue weighted by Gasteiger charge is 2.25. The quantitative estimate of drug-likeness (QED) is 0.683. The standard InChI is InChI=1S/C14H28N2O2/c1-11-7-3-4-8-12(11)18-10-6-5-9-14(2,16)13(15)17/h11-12H,3-10,16H2,1-2H3,(H2,15,17). The third-order valence-corrected chi connectivity index (χ3v) is 4.02. The van der Waals surface area contributed by atoms with Crippen molar-refractivity contribution >= 4 is 5.91 Å². The molecule has 1 aliphatic carbocycles. The molecule has 1 amide bonds. The minimum absolute atomic E-state index is 0.427. The van der Waals surface area contributed by atoms with E-state index >= 15 is 0 Å². The van der Waals surface area contributed by atoms with E-state index in [0.29, 0.717) is 18.4 Å². The zero-order valence-corrected chi connectivity index (χ0v) is 11.8. The highest BCUT2D eigenvalue weighted by atomic mass is 16.5. The lowest BCUT2D eigenvalue weighted by molar-refractivity contribution is -0.122. The molecule has 1 fully saturated rings. The summed E-state index contributed by atoms with van der Waals surface area (Å²) in [5, 5.41) is 0. The van der Waals surface area contributed by atoms with Crippen molar-refractivity contribution in [2.45, 2.75) is 70.4 Å². The molecule has 1 rings (SSSR count). The summed E-state index contributed by atoms with van der Waals surface area (Å²) in [5.41, 5.74) is 10.1. The number of primary amides is 1. The van der Waals surface area contributed by atoms with Gasteiger partial charge in [0.05, 0.1) is 11.6 Å². The van der Waals surface area contributed by atoms with Crippen LogP contribution in [-0.2, 0) is 9.53 Å². The smallest absolute Gasteiger partial charge is 0.237 e. The molecule has 18 heavy (non-hydrogen) atoms. The molecular weight excluding hydrogens is 228 g/mol. The molecule has 4 N–H and O–H groups in total. The van der Waals surface area contributed by atoms with E-state index in [0.717, 1.165) is 19.4 Å². The summed E-state index contributed by atoms with van der Waals surface area (Å²) in [6, 6.07) is 0. The van der Waals surface area contributed by atoms with E-state index in [4.69, 9.17) is 16.2 Å². The molecule has 0 aliphatic heterocycles. The largest absolute Gasteiger partial charge is 0.378 e. The Morgan fingerprint density at radius 1 is 1.33 bits per heavy atom. The van der Waals surface area contributed by atoms with Crippen LogP contribution < -0.4 is 11.5 Å². The average Bonchev–Trinajstić information content (AvgIpc) is 2.30. The van der Waals surface area contributed by atoms with Gasteiger partial charge in [-0.3, -0.25) is 4.79 Å². The maximum absolute atomic E-state index is 11.0. The topological polar surface area (TPSA) is 78.3 Å². The molecule has 4 heteroatoms. The van der Waals surface area contributed by atoms with Crippen LogP contribution in [0.15, 0.2) is 0 Å². The molecule has 4 nitrogen and oxygen atoms in total. The van der Waals surface area contributed by atoms with Gasteiger partial charge in [-0.1, -0.05) is 19.8 Å². The molecule has 3 atom stereocenters. The van der Waals surface area contributed by atoms with Gasteiger partial charge >= 0.3 is 0 Å². The van der Waals surface area contributed by atoms with Crippen LogP contribution >= 0.6 is 0 Å². The van der Waals surface area contributed by atoms with E-state index in [1.54, 1.807) is 6.92 Å². The van der Waals surface area contributed by atoms with Gasteiger partial charge in [0.25, 0.3) is 0 Å². The number of carbonyl (C=O) groups is 1. The lowest BCUT2D eigenvalue weighted by atomic mass is 9.88. The summed E-state index contributed by atoms with van der Waals surface area (Å²) in [6.45, 7) is 4.73. The van der Waals surface area contributed by atoms with Crippen molar-refractivity contribution in [3.05, 3.63) is 0 Å². The van der Waals surface area contributed by atoms with Gasteiger partial charge in [-0.2, -0.15) is 0 Å². The van der Waals surface area contributed by atoms with Gasteiger partial charge in [-0.25, -0.2) is 0 Å². The van der Waals surface area contributed by atoms with Crippen LogP contribution in [0.5, 0.6) is 0 Å². The third kappa shape index (κ3) is 4.94. The van der Waals surface area contributed by atoms with Crippen LogP contribution in [0.4, 0.5) is 0 Å². The third-order valence-electron chi connectivity index (χ3n) is 4.02. The highest BCUT2D eigenvalue weighted by molar-refractivity contribution is 5.83. The van der Waals surface area contributed by atoms with Crippen molar-refractivity contribution in [2.24, 2.45) is 17.4 Å². The summed E-state index contributed by atoms with van der Waals surface area (Å²) in [6.07, 6.45) is 8.00. The summed E-state index contributed by atoms with van der Waals surface area (Å²) < 4.78 is 5.91. The SMILES string of the molecule is CC1CCCCC1OCCCCC(C)(N)C(N)=O. The van der Waals surface area contributed by atoms with Gasteiger partial charge in [0, 0.05) is 6.61 Å². The first-order chi connectivity index (χ1) is 8.43. The fourth-order valence-electron chi connectivity index (χ4n) is 2.48. The molecule has 106 valence electrons. The second-order valence-corrected chi connectivity index (χ2v) is 5.91. The Morgan fingerprint density at radius 2 is 2.00 bits per heavy atom. The van der Waals surface area contributed by atoms with Crippen LogP contribution in [0.2, 0.25) is 0 Å². The second-order valence-electron chi connectivity index (χ2n) is 5.91. The van der Waals surface area contributed by atoms with Gasteiger partial charge in [0.1, 0.15) is 0 Å². The molecule has 1 aliphatic rings. The first kappa shape index (κ1) is 15.4. The van der Waals surface area contributed by atoms with Crippen LogP contribution in [0.1, 0.15) is 58.8 Å². The first-order valence-electron chi connectivity index (χ1n) is 7.14. The van der Waals surface area contributed by atoms with E-state index < -0.39 is 11.4 Å². The van der Waals surface area contributed by atoms with Gasteiger partial charge < -0.3 is 16.2 Å². The molecule has 0 bridgehead atoms. The van der Waals surface area contributed by atoms with Crippen LogP contribution in [-0.4, -0.2) is 24.2 Å². The first-order valence-corrected chi connectivity index (χ1v) is 7.14. The summed E-state index contributed by atoms with van der Waals surface area (Å²) in [5.74, 6) is 0.258. The Bertz CT molecular complexity index is 267. The zero-order valence-electron chi connectivity index (χ0n) is 11.8. The normalized spacial score (nSPS) is 27.7. The average molecular weight is 256 g/mol. The number of ether oxygens (including phenoxy) is 1. The molecule has 0 aromatic heterocycles. The number of unbranched alkanes of at least 4 members (excludes halogenated alkanes) is 1. The molecule has 1 saturated carbocycles. The Balaban J connectivity index is 2.10. The van der Waals surface area contributed by atoms with Gasteiger partial charge in [-0.15, -0.1) is 0 Å². The number of carbonyl (C=O) groups excluding carboxylic acids is 1. The van der Waals surface area contributed by atoms with Crippen LogP contribution in [0, 0.1) is 5.92 Å². The Hall–Kier alpha value is -0.610. The molecular formula is C14H28N2O2.